The van der Waals surface area contributed by atoms with Crippen LogP contribution >= 0.6 is 22.6 Å². The lowest BCUT2D eigenvalue weighted by atomic mass is 9.90. The van der Waals surface area contributed by atoms with Crippen molar-refractivity contribution in [2.45, 2.75) is 25.7 Å². The maximum atomic E-state index is 4.29. The van der Waals surface area contributed by atoms with Gasteiger partial charge in [-0.25, -0.2) is 9.97 Å². The molecule has 0 saturated carbocycles. The molecule has 0 aliphatic heterocycles. The molecule has 0 fully saturated rings. The minimum Gasteiger partial charge on any atom is -0.339 e. The van der Waals surface area contributed by atoms with Gasteiger partial charge in [0, 0.05) is 11.9 Å². The average molecular weight is 351 g/mol. The van der Waals surface area contributed by atoms with Crippen molar-refractivity contribution in [2.24, 2.45) is 0 Å². The van der Waals surface area contributed by atoms with Crippen molar-refractivity contribution in [3.8, 4) is 0 Å². The Bertz CT molecular complexity index is 569. The highest BCUT2D eigenvalue weighted by Crippen LogP contribution is 2.30. The lowest BCUT2D eigenvalue weighted by Gasteiger charge is -2.20. The van der Waals surface area contributed by atoms with Crippen LogP contribution in [-0.4, -0.2) is 9.97 Å². The minimum absolute atomic E-state index is 0.893. The summed E-state index contributed by atoms with van der Waals surface area (Å²) in [6.07, 6.45) is 8.37. The Kier molecular flexibility index (Phi) is 3.45. The number of aryl methyl sites for hydroxylation is 1. The van der Waals surface area contributed by atoms with Crippen molar-refractivity contribution in [1.29, 1.82) is 0 Å². The Labute approximate surface area is 120 Å². The molecule has 1 N–H and O–H groups in total. The summed E-state index contributed by atoms with van der Waals surface area (Å²) in [6.45, 7) is 0. The summed E-state index contributed by atoms with van der Waals surface area (Å²) in [5.41, 5.74) is 4.14. The van der Waals surface area contributed by atoms with Crippen molar-refractivity contribution >= 4 is 34.1 Å². The third kappa shape index (κ3) is 2.34. The average Bonchev–Trinajstić information content (AvgIpc) is 2.42. The molecule has 0 amide bonds. The second kappa shape index (κ2) is 5.22. The molecule has 1 aliphatic carbocycles. The van der Waals surface area contributed by atoms with Gasteiger partial charge in [0.2, 0.25) is 0 Å². The van der Waals surface area contributed by atoms with Gasteiger partial charge >= 0.3 is 0 Å². The SMILES string of the molecule is Ic1cncnc1Nc1cccc2c1CCCC2. The van der Waals surface area contributed by atoms with E-state index in [1.807, 2.05) is 6.20 Å². The number of nitrogens with one attached hydrogen (secondary N) is 1. The molecule has 1 aromatic carbocycles. The molecule has 0 radical (unpaired) electrons. The maximum Gasteiger partial charge on any atom is 0.147 e. The fourth-order valence-corrected chi connectivity index (χ4v) is 2.87. The van der Waals surface area contributed by atoms with Crippen molar-refractivity contribution in [2.75, 3.05) is 5.32 Å². The highest BCUT2D eigenvalue weighted by Gasteiger charge is 2.13. The van der Waals surface area contributed by atoms with Crippen LogP contribution in [0.5, 0.6) is 0 Å². The van der Waals surface area contributed by atoms with Gasteiger partial charge in [0.15, 0.2) is 0 Å². The van der Waals surface area contributed by atoms with Crippen molar-refractivity contribution in [1.82, 2.24) is 9.97 Å². The van der Waals surface area contributed by atoms with Gasteiger partial charge in [-0.3, -0.25) is 0 Å². The van der Waals surface area contributed by atoms with E-state index in [-0.39, 0.29) is 0 Å². The maximum absolute atomic E-state index is 4.29. The summed E-state index contributed by atoms with van der Waals surface area (Å²) < 4.78 is 1.04. The van der Waals surface area contributed by atoms with Crippen LogP contribution in [0.25, 0.3) is 0 Å². The van der Waals surface area contributed by atoms with E-state index in [2.05, 4.69) is 56.1 Å². The predicted octanol–water partition coefficient (Wildman–Crippen LogP) is 3.70. The quantitative estimate of drug-likeness (QED) is 0.839. The Morgan fingerprint density at radius 2 is 2.06 bits per heavy atom. The number of benzene rings is 1. The van der Waals surface area contributed by atoms with Crippen molar-refractivity contribution < 1.29 is 0 Å². The topological polar surface area (TPSA) is 37.8 Å². The summed E-state index contributed by atoms with van der Waals surface area (Å²) in [7, 11) is 0. The fraction of sp³-hybridized carbons (Fsp3) is 0.286. The smallest absolute Gasteiger partial charge is 0.147 e. The van der Waals surface area contributed by atoms with Crippen molar-refractivity contribution in [3.63, 3.8) is 0 Å². The number of halogens is 1. The van der Waals surface area contributed by atoms with E-state index in [9.17, 15) is 0 Å². The number of hydrogen-bond donors (Lipinski definition) is 1. The number of anilines is 2. The zero-order valence-corrected chi connectivity index (χ0v) is 12.1. The Balaban J connectivity index is 1.96. The minimum atomic E-state index is 0.893. The van der Waals surface area contributed by atoms with Crippen LogP contribution in [-0.2, 0) is 12.8 Å². The number of aromatic nitrogens is 2. The van der Waals surface area contributed by atoms with E-state index in [0.29, 0.717) is 0 Å². The molecule has 18 heavy (non-hydrogen) atoms. The standard InChI is InChI=1S/C14H14IN3/c15-12-8-16-9-17-14(12)18-13-7-3-5-10-4-1-2-6-11(10)13/h3,5,7-9H,1-2,4,6H2,(H,16,17,18). The molecular formula is C14H14IN3. The van der Waals surface area contributed by atoms with Gasteiger partial charge in [0.25, 0.3) is 0 Å². The third-order valence-electron chi connectivity index (χ3n) is 3.32. The number of hydrogen-bond acceptors (Lipinski definition) is 3. The van der Waals surface area contributed by atoms with Crippen LogP contribution < -0.4 is 5.32 Å². The normalized spacial score (nSPS) is 14.1. The monoisotopic (exact) mass is 351 g/mol. The van der Waals surface area contributed by atoms with Gasteiger partial charge in [0.05, 0.1) is 3.57 Å². The first-order valence-electron chi connectivity index (χ1n) is 6.18. The molecule has 1 aliphatic rings. The lowest BCUT2D eigenvalue weighted by molar-refractivity contribution is 0.687. The summed E-state index contributed by atoms with van der Waals surface area (Å²) in [5.74, 6) is 0.893. The zero-order valence-electron chi connectivity index (χ0n) is 9.99. The van der Waals surface area contributed by atoms with Gasteiger partial charge in [-0.1, -0.05) is 12.1 Å². The lowest BCUT2D eigenvalue weighted by Crippen LogP contribution is -2.07. The molecule has 0 unspecified atom stereocenters. The predicted molar refractivity (Wildman–Crippen MR) is 81.1 cm³/mol. The Morgan fingerprint density at radius 3 is 2.94 bits per heavy atom. The molecular weight excluding hydrogens is 337 g/mol. The highest BCUT2D eigenvalue weighted by molar-refractivity contribution is 14.1. The first-order chi connectivity index (χ1) is 8.84. The van der Waals surface area contributed by atoms with E-state index < -0.39 is 0 Å². The van der Waals surface area contributed by atoms with Crippen LogP contribution in [0.15, 0.2) is 30.7 Å². The van der Waals surface area contributed by atoms with Crippen molar-refractivity contribution in [3.05, 3.63) is 45.4 Å². The molecule has 92 valence electrons. The molecule has 0 spiro atoms. The van der Waals surface area contributed by atoms with Crippen LogP contribution in [0.1, 0.15) is 24.0 Å². The first-order valence-corrected chi connectivity index (χ1v) is 7.26. The molecule has 1 heterocycles. The molecule has 0 saturated heterocycles. The summed E-state index contributed by atoms with van der Waals surface area (Å²) >= 11 is 2.26. The van der Waals surface area contributed by atoms with Gasteiger partial charge in [-0.2, -0.15) is 0 Å². The number of fused-ring (bicyclic) bond motifs is 1. The molecule has 0 atom stereocenters. The Morgan fingerprint density at radius 1 is 1.17 bits per heavy atom. The fourth-order valence-electron chi connectivity index (χ4n) is 2.43. The molecule has 3 rings (SSSR count). The largest absolute Gasteiger partial charge is 0.339 e. The summed E-state index contributed by atoms with van der Waals surface area (Å²) in [5, 5.41) is 3.44. The van der Waals surface area contributed by atoms with Crippen LogP contribution in [0.2, 0.25) is 0 Å². The van der Waals surface area contributed by atoms with Gasteiger partial charge in [-0.15, -0.1) is 0 Å². The molecule has 1 aromatic heterocycles. The van der Waals surface area contributed by atoms with Crippen LogP contribution in [0.4, 0.5) is 11.5 Å². The second-order valence-corrected chi connectivity index (χ2v) is 5.66. The summed E-state index contributed by atoms with van der Waals surface area (Å²) in [4.78, 5) is 8.31. The Hall–Kier alpha value is -1.17. The van der Waals surface area contributed by atoms with Crippen LogP contribution in [0.3, 0.4) is 0 Å². The van der Waals surface area contributed by atoms with Crippen LogP contribution in [0, 0.1) is 3.57 Å². The van der Waals surface area contributed by atoms with E-state index in [4.69, 9.17) is 0 Å². The molecule has 0 bridgehead atoms. The van der Waals surface area contributed by atoms with E-state index >= 15 is 0 Å². The number of nitrogens with zero attached hydrogens (tertiary/aromatic N) is 2. The second-order valence-electron chi connectivity index (χ2n) is 4.49. The third-order valence-corrected chi connectivity index (χ3v) is 4.11. The van der Waals surface area contributed by atoms with Gasteiger partial charge in [0.1, 0.15) is 12.1 Å². The van der Waals surface area contributed by atoms with E-state index in [0.717, 1.165) is 9.39 Å². The molecule has 3 nitrogen and oxygen atoms in total. The molecule has 4 heteroatoms. The summed E-state index contributed by atoms with van der Waals surface area (Å²) in [6, 6.07) is 6.51. The first kappa shape index (κ1) is 11.9. The van der Waals surface area contributed by atoms with Gasteiger partial charge < -0.3 is 5.32 Å². The van der Waals surface area contributed by atoms with Gasteiger partial charge in [-0.05, 0) is 65.5 Å². The highest BCUT2D eigenvalue weighted by atomic mass is 127. The number of rotatable bonds is 2. The zero-order chi connectivity index (χ0) is 12.4. The van der Waals surface area contributed by atoms with E-state index in [1.54, 1.807) is 6.33 Å². The molecule has 2 aromatic rings. The van der Waals surface area contributed by atoms with E-state index in [1.165, 1.54) is 42.5 Å².